The van der Waals surface area contributed by atoms with Gasteiger partial charge in [0.15, 0.2) is 0 Å². The molecule has 0 atom stereocenters. The predicted octanol–water partition coefficient (Wildman–Crippen LogP) is 3.43. The van der Waals surface area contributed by atoms with Gasteiger partial charge in [-0.15, -0.1) is 0 Å². The van der Waals surface area contributed by atoms with E-state index in [1.807, 2.05) is 30.3 Å². The van der Waals surface area contributed by atoms with Crippen LogP contribution in [-0.2, 0) is 12.8 Å². The fourth-order valence-corrected chi connectivity index (χ4v) is 2.40. The second kappa shape index (κ2) is 9.11. The van der Waals surface area contributed by atoms with Gasteiger partial charge in [-0.3, -0.25) is 0 Å². The lowest BCUT2D eigenvalue weighted by Gasteiger charge is -2.11. The first-order valence-corrected chi connectivity index (χ1v) is 8.05. The Hall–Kier alpha value is -2.00. The maximum Gasteiger partial charge on any atom is 0.142 e. The van der Waals surface area contributed by atoms with Crippen LogP contribution in [0.1, 0.15) is 24.5 Å². The van der Waals surface area contributed by atoms with Gasteiger partial charge in [0.05, 0.1) is 12.3 Å². The Labute approximate surface area is 133 Å². The minimum absolute atomic E-state index is 0.647. The molecule has 0 unspecified atom stereocenters. The Morgan fingerprint density at radius 1 is 1.00 bits per heavy atom. The monoisotopic (exact) mass is 298 g/mol. The van der Waals surface area contributed by atoms with Crippen molar-refractivity contribution in [2.75, 3.05) is 25.4 Å². The summed E-state index contributed by atoms with van der Waals surface area (Å²) in [6.45, 7) is 4.84. The molecule has 2 aromatic rings. The molecule has 0 aliphatic rings. The fraction of sp³-hybridized carbons (Fsp3) is 0.368. The van der Waals surface area contributed by atoms with Crippen molar-refractivity contribution in [3.8, 4) is 5.75 Å². The number of nitrogens with two attached hydrogens (primary N) is 1. The third-order valence-corrected chi connectivity index (χ3v) is 3.63. The molecule has 3 nitrogen and oxygen atoms in total. The molecule has 0 radical (unpaired) electrons. The van der Waals surface area contributed by atoms with Gasteiger partial charge in [0.25, 0.3) is 0 Å². The molecule has 0 aromatic heterocycles. The van der Waals surface area contributed by atoms with E-state index in [0.29, 0.717) is 6.61 Å². The molecule has 22 heavy (non-hydrogen) atoms. The molecule has 0 aliphatic carbocycles. The van der Waals surface area contributed by atoms with Gasteiger partial charge in [-0.1, -0.05) is 43.3 Å². The van der Waals surface area contributed by atoms with Crippen LogP contribution in [0.2, 0.25) is 0 Å². The van der Waals surface area contributed by atoms with Crippen molar-refractivity contribution < 1.29 is 4.74 Å². The molecule has 0 saturated heterocycles. The molecule has 2 aromatic carbocycles. The quantitative estimate of drug-likeness (QED) is 0.551. The van der Waals surface area contributed by atoms with Crippen LogP contribution in [0.25, 0.3) is 0 Å². The van der Waals surface area contributed by atoms with Crippen molar-refractivity contribution in [2.45, 2.75) is 26.2 Å². The van der Waals surface area contributed by atoms with E-state index in [2.05, 4.69) is 30.4 Å². The third kappa shape index (κ3) is 5.41. The zero-order chi connectivity index (χ0) is 15.6. The summed E-state index contributed by atoms with van der Waals surface area (Å²) in [5, 5.41) is 3.33. The highest BCUT2D eigenvalue weighted by Crippen LogP contribution is 2.23. The molecular weight excluding hydrogens is 272 g/mol. The van der Waals surface area contributed by atoms with Crippen LogP contribution in [0.5, 0.6) is 5.75 Å². The largest absolute Gasteiger partial charge is 0.491 e. The number of hydrogen-bond acceptors (Lipinski definition) is 3. The van der Waals surface area contributed by atoms with Gasteiger partial charge in [-0.25, -0.2) is 0 Å². The number of anilines is 1. The topological polar surface area (TPSA) is 47.3 Å². The SMILES string of the molecule is CCNCCCc1ccc(OCCc2ccccc2)c(N)c1. The Kier molecular flexibility index (Phi) is 6.78. The molecule has 0 aliphatic heterocycles. The Morgan fingerprint density at radius 3 is 2.55 bits per heavy atom. The normalized spacial score (nSPS) is 10.6. The predicted molar refractivity (Wildman–Crippen MR) is 93.4 cm³/mol. The van der Waals surface area contributed by atoms with E-state index < -0.39 is 0 Å². The highest BCUT2D eigenvalue weighted by Gasteiger charge is 2.03. The summed E-state index contributed by atoms with van der Waals surface area (Å²) in [6.07, 6.45) is 3.06. The summed E-state index contributed by atoms with van der Waals surface area (Å²) in [5.74, 6) is 0.784. The van der Waals surface area contributed by atoms with E-state index in [-0.39, 0.29) is 0 Å². The highest BCUT2D eigenvalue weighted by atomic mass is 16.5. The van der Waals surface area contributed by atoms with Crippen molar-refractivity contribution in [2.24, 2.45) is 0 Å². The first-order chi connectivity index (χ1) is 10.8. The third-order valence-electron chi connectivity index (χ3n) is 3.63. The van der Waals surface area contributed by atoms with E-state index >= 15 is 0 Å². The van der Waals surface area contributed by atoms with Crippen molar-refractivity contribution in [3.63, 3.8) is 0 Å². The van der Waals surface area contributed by atoms with E-state index in [0.717, 1.165) is 43.8 Å². The smallest absolute Gasteiger partial charge is 0.142 e. The molecule has 3 N–H and O–H groups in total. The summed E-state index contributed by atoms with van der Waals surface area (Å²) in [6, 6.07) is 16.5. The van der Waals surface area contributed by atoms with Crippen LogP contribution in [0.4, 0.5) is 5.69 Å². The van der Waals surface area contributed by atoms with Gasteiger partial charge in [0.1, 0.15) is 5.75 Å². The van der Waals surface area contributed by atoms with Crippen LogP contribution in [-0.4, -0.2) is 19.7 Å². The molecule has 0 bridgehead atoms. The van der Waals surface area contributed by atoms with Gasteiger partial charge in [-0.05, 0) is 49.2 Å². The van der Waals surface area contributed by atoms with E-state index in [4.69, 9.17) is 10.5 Å². The number of ether oxygens (including phenoxy) is 1. The molecule has 0 saturated carbocycles. The number of nitrogens with one attached hydrogen (secondary N) is 1. The Bertz CT molecular complexity index is 555. The molecular formula is C19H26N2O. The fourth-order valence-electron chi connectivity index (χ4n) is 2.40. The second-order valence-electron chi connectivity index (χ2n) is 5.41. The van der Waals surface area contributed by atoms with Crippen molar-refractivity contribution in [3.05, 3.63) is 59.7 Å². The first-order valence-electron chi connectivity index (χ1n) is 8.05. The average molecular weight is 298 g/mol. The maximum atomic E-state index is 6.09. The minimum atomic E-state index is 0.647. The molecule has 0 heterocycles. The number of hydrogen-bond donors (Lipinski definition) is 2. The minimum Gasteiger partial charge on any atom is -0.491 e. The number of aryl methyl sites for hydroxylation is 1. The van der Waals surface area contributed by atoms with Crippen LogP contribution < -0.4 is 15.8 Å². The van der Waals surface area contributed by atoms with Gasteiger partial charge in [-0.2, -0.15) is 0 Å². The number of nitrogen functional groups attached to an aromatic ring is 1. The number of rotatable bonds is 9. The summed E-state index contributed by atoms with van der Waals surface area (Å²) >= 11 is 0. The van der Waals surface area contributed by atoms with Crippen molar-refractivity contribution >= 4 is 5.69 Å². The summed E-state index contributed by atoms with van der Waals surface area (Å²) < 4.78 is 5.80. The molecule has 3 heteroatoms. The number of benzene rings is 2. The van der Waals surface area contributed by atoms with Crippen molar-refractivity contribution in [1.82, 2.24) is 5.32 Å². The van der Waals surface area contributed by atoms with Gasteiger partial charge < -0.3 is 15.8 Å². The molecule has 0 fully saturated rings. The van der Waals surface area contributed by atoms with Gasteiger partial charge in [0, 0.05) is 6.42 Å². The summed E-state index contributed by atoms with van der Waals surface area (Å²) in [5.41, 5.74) is 9.37. The first kappa shape index (κ1) is 16.4. The van der Waals surface area contributed by atoms with Crippen LogP contribution in [0.15, 0.2) is 48.5 Å². The van der Waals surface area contributed by atoms with Crippen molar-refractivity contribution in [1.29, 1.82) is 0 Å². The van der Waals surface area contributed by atoms with Crippen LogP contribution in [0, 0.1) is 0 Å². The summed E-state index contributed by atoms with van der Waals surface area (Å²) in [4.78, 5) is 0. The van der Waals surface area contributed by atoms with E-state index in [1.54, 1.807) is 0 Å². The zero-order valence-corrected chi connectivity index (χ0v) is 13.3. The van der Waals surface area contributed by atoms with E-state index in [9.17, 15) is 0 Å². The lowest BCUT2D eigenvalue weighted by molar-refractivity contribution is 0.323. The molecule has 0 amide bonds. The second-order valence-corrected chi connectivity index (χ2v) is 5.41. The lowest BCUT2D eigenvalue weighted by atomic mass is 10.1. The van der Waals surface area contributed by atoms with Crippen LogP contribution >= 0.6 is 0 Å². The van der Waals surface area contributed by atoms with Gasteiger partial charge >= 0.3 is 0 Å². The molecule has 118 valence electrons. The molecule has 0 spiro atoms. The van der Waals surface area contributed by atoms with Crippen LogP contribution in [0.3, 0.4) is 0 Å². The Morgan fingerprint density at radius 2 is 1.82 bits per heavy atom. The van der Waals surface area contributed by atoms with Gasteiger partial charge in [0.2, 0.25) is 0 Å². The summed E-state index contributed by atoms with van der Waals surface area (Å²) in [7, 11) is 0. The Balaban J connectivity index is 1.79. The highest BCUT2D eigenvalue weighted by molar-refractivity contribution is 5.54. The lowest BCUT2D eigenvalue weighted by Crippen LogP contribution is -2.14. The van der Waals surface area contributed by atoms with E-state index in [1.165, 1.54) is 11.1 Å². The average Bonchev–Trinajstić information content (AvgIpc) is 2.54. The zero-order valence-electron chi connectivity index (χ0n) is 13.3. The molecule has 2 rings (SSSR count). The maximum absolute atomic E-state index is 6.09. The standard InChI is InChI=1S/C19H26N2O/c1-2-21-13-6-9-17-10-11-19(18(20)15-17)22-14-12-16-7-4-3-5-8-16/h3-5,7-8,10-11,15,21H,2,6,9,12-14,20H2,1H3.